The van der Waals surface area contributed by atoms with E-state index >= 15 is 0 Å². The fourth-order valence-electron chi connectivity index (χ4n) is 2.06. The van der Waals surface area contributed by atoms with E-state index in [9.17, 15) is 10.0 Å². The molecule has 0 heterocycles. The van der Waals surface area contributed by atoms with Gasteiger partial charge in [-0.15, -0.1) is 0 Å². The molecule has 2 N–H and O–H groups in total. The van der Waals surface area contributed by atoms with Gasteiger partial charge in [-0.05, 0) is 24.9 Å². The van der Waals surface area contributed by atoms with Crippen LogP contribution in [0.5, 0.6) is 0 Å². The normalized spacial score (nSPS) is 11.1. The summed E-state index contributed by atoms with van der Waals surface area (Å²) in [4.78, 5) is 2.24. The van der Waals surface area contributed by atoms with Gasteiger partial charge in [0.15, 0.2) is 0 Å². The van der Waals surface area contributed by atoms with Gasteiger partial charge >= 0.3 is 7.12 Å². The van der Waals surface area contributed by atoms with Crippen LogP contribution < -0.4 is 5.46 Å². The Balaban J connectivity index is 2.58. The number of ether oxygens (including phenoxy) is 2. The van der Waals surface area contributed by atoms with Gasteiger partial charge in [-0.1, -0.05) is 24.3 Å². The molecule has 0 aliphatic carbocycles. The van der Waals surface area contributed by atoms with Crippen LogP contribution in [0.15, 0.2) is 24.3 Å². The lowest BCUT2D eigenvalue weighted by atomic mass is 9.79. The second kappa shape index (κ2) is 10.8. The minimum atomic E-state index is -1.43. The summed E-state index contributed by atoms with van der Waals surface area (Å²) >= 11 is 0. The van der Waals surface area contributed by atoms with Crippen LogP contribution in [0.1, 0.15) is 19.4 Å². The first kappa shape index (κ1) is 18.1. The van der Waals surface area contributed by atoms with Crippen molar-refractivity contribution in [2.24, 2.45) is 0 Å². The first-order chi connectivity index (χ1) is 10.2. The molecular weight excluding hydrogens is 269 g/mol. The number of hydrogen-bond acceptors (Lipinski definition) is 5. The van der Waals surface area contributed by atoms with E-state index in [0.717, 1.165) is 25.2 Å². The van der Waals surface area contributed by atoms with Gasteiger partial charge in [0.1, 0.15) is 0 Å². The average Bonchev–Trinajstić information content (AvgIpc) is 2.48. The maximum absolute atomic E-state index is 9.23. The van der Waals surface area contributed by atoms with E-state index in [1.807, 2.05) is 32.0 Å². The van der Waals surface area contributed by atoms with E-state index in [2.05, 4.69) is 4.90 Å². The molecule has 1 aromatic carbocycles. The van der Waals surface area contributed by atoms with Crippen LogP contribution in [0, 0.1) is 0 Å². The van der Waals surface area contributed by atoms with E-state index in [4.69, 9.17) is 9.47 Å². The summed E-state index contributed by atoms with van der Waals surface area (Å²) < 4.78 is 10.8. The highest BCUT2D eigenvalue weighted by Gasteiger charge is 2.12. The Morgan fingerprint density at radius 2 is 1.67 bits per heavy atom. The van der Waals surface area contributed by atoms with Crippen molar-refractivity contribution >= 4 is 12.6 Å². The van der Waals surface area contributed by atoms with Gasteiger partial charge in [-0.2, -0.15) is 0 Å². The van der Waals surface area contributed by atoms with Crippen LogP contribution in [-0.2, 0) is 16.0 Å². The first-order valence-electron chi connectivity index (χ1n) is 7.50. The molecule has 21 heavy (non-hydrogen) atoms. The maximum Gasteiger partial charge on any atom is 0.488 e. The second-order valence-electron chi connectivity index (χ2n) is 4.79. The van der Waals surface area contributed by atoms with Gasteiger partial charge in [0.25, 0.3) is 0 Å². The van der Waals surface area contributed by atoms with Crippen molar-refractivity contribution in [3.05, 3.63) is 29.8 Å². The predicted molar refractivity (Wildman–Crippen MR) is 84.5 cm³/mol. The van der Waals surface area contributed by atoms with Crippen LogP contribution in [0.25, 0.3) is 0 Å². The number of benzene rings is 1. The highest BCUT2D eigenvalue weighted by Crippen LogP contribution is 2.04. The van der Waals surface area contributed by atoms with E-state index in [-0.39, 0.29) is 0 Å². The Hall–Kier alpha value is -0.915. The third-order valence-corrected chi connectivity index (χ3v) is 3.17. The zero-order valence-corrected chi connectivity index (χ0v) is 13.0. The van der Waals surface area contributed by atoms with E-state index in [1.165, 1.54) is 0 Å². The van der Waals surface area contributed by atoms with Gasteiger partial charge < -0.3 is 19.5 Å². The Morgan fingerprint density at radius 1 is 1.05 bits per heavy atom. The topological polar surface area (TPSA) is 62.2 Å². The molecule has 1 rings (SSSR count). The summed E-state index contributed by atoms with van der Waals surface area (Å²) in [6.07, 6.45) is 0. The Kier molecular flexibility index (Phi) is 9.29. The molecule has 0 spiro atoms. The van der Waals surface area contributed by atoms with Crippen LogP contribution >= 0.6 is 0 Å². The number of nitrogens with zero attached hydrogens (tertiary/aromatic N) is 1. The number of rotatable bonds is 11. The molecule has 0 saturated heterocycles. The minimum Gasteiger partial charge on any atom is -0.423 e. The van der Waals surface area contributed by atoms with Gasteiger partial charge in [0.05, 0.1) is 13.2 Å². The van der Waals surface area contributed by atoms with E-state index < -0.39 is 7.12 Å². The molecule has 5 nitrogen and oxygen atoms in total. The monoisotopic (exact) mass is 295 g/mol. The molecule has 0 radical (unpaired) electrons. The van der Waals surface area contributed by atoms with Crippen molar-refractivity contribution in [1.29, 1.82) is 0 Å². The number of hydrogen-bond donors (Lipinski definition) is 2. The molecule has 1 aromatic rings. The average molecular weight is 295 g/mol. The summed E-state index contributed by atoms with van der Waals surface area (Å²) in [7, 11) is -1.43. The van der Waals surface area contributed by atoms with Crippen LogP contribution in [0.4, 0.5) is 0 Å². The Bertz CT molecular complexity index is 380. The van der Waals surface area contributed by atoms with Crippen molar-refractivity contribution in [2.75, 3.05) is 39.5 Å². The molecule has 0 aromatic heterocycles. The zero-order chi connectivity index (χ0) is 15.5. The molecule has 0 aliphatic rings. The smallest absolute Gasteiger partial charge is 0.423 e. The second-order valence-corrected chi connectivity index (χ2v) is 4.79. The highest BCUT2D eigenvalue weighted by molar-refractivity contribution is 6.58. The highest BCUT2D eigenvalue weighted by atomic mass is 16.5. The summed E-state index contributed by atoms with van der Waals surface area (Å²) in [5.41, 5.74) is 1.57. The third kappa shape index (κ3) is 7.59. The van der Waals surface area contributed by atoms with Crippen molar-refractivity contribution in [3.8, 4) is 0 Å². The zero-order valence-electron chi connectivity index (χ0n) is 13.0. The molecule has 0 fully saturated rings. The van der Waals surface area contributed by atoms with Crippen molar-refractivity contribution in [1.82, 2.24) is 4.90 Å². The van der Waals surface area contributed by atoms with E-state index in [0.29, 0.717) is 31.9 Å². The predicted octanol–water partition coefficient (Wildman–Crippen LogP) is 0.241. The maximum atomic E-state index is 9.23. The van der Waals surface area contributed by atoms with E-state index in [1.54, 1.807) is 6.07 Å². The summed E-state index contributed by atoms with van der Waals surface area (Å²) in [5, 5.41) is 18.5. The lowest BCUT2D eigenvalue weighted by Gasteiger charge is -2.22. The lowest BCUT2D eigenvalue weighted by molar-refractivity contribution is 0.0798. The van der Waals surface area contributed by atoms with Crippen molar-refractivity contribution in [3.63, 3.8) is 0 Å². The summed E-state index contributed by atoms with van der Waals surface area (Å²) in [6.45, 7) is 9.15. The molecule has 0 bridgehead atoms. The SMILES string of the molecule is CCOCCN(CCOCC)Cc1cccc(B(O)O)c1. The lowest BCUT2D eigenvalue weighted by Crippen LogP contribution is -2.33. The van der Waals surface area contributed by atoms with Crippen LogP contribution in [-0.4, -0.2) is 61.6 Å². The van der Waals surface area contributed by atoms with Crippen LogP contribution in [0.3, 0.4) is 0 Å². The van der Waals surface area contributed by atoms with Gasteiger partial charge in [-0.3, -0.25) is 4.90 Å². The van der Waals surface area contributed by atoms with Crippen molar-refractivity contribution < 1.29 is 19.5 Å². The molecule has 118 valence electrons. The quantitative estimate of drug-likeness (QED) is 0.452. The van der Waals surface area contributed by atoms with Crippen LogP contribution in [0.2, 0.25) is 0 Å². The van der Waals surface area contributed by atoms with Crippen molar-refractivity contribution in [2.45, 2.75) is 20.4 Å². The van der Waals surface area contributed by atoms with Gasteiger partial charge in [-0.25, -0.2) is 0 Å². The largest absolute Gasteiger partial charge is 0.488 e. The summed E-state index contributed by atoms with van der Waals surface area (Å²) in [5.74, 6) is 0. The Morgan fingerprint density at radius 3 is 2.19 bits per heavy atom. The first-order valence-corrected chi connectivity index (χ1v) is 7.50. The molecule has 0 saturated carbocycles. The standard InChI is InChI=1S/C15H26BNO4/c1-3-20-10-8-17(9-11-21-4-2)13-14-6-5-7-15(12-14)16(18)19/h5-7,12,18-19H,3-4,8-11,13H2,1-2H3. The molecule has 6 heteroatoms. The molecular formula is C15H26BNO4. The third-order valence-electron chi connectivity index (χ3n) is 3.17. The molecule has 0 aliphatic heterocycles. The fraction of sp³-hybridized carbons (Fsp3) is 0.600. The fourth-order valence-corrected chi connectivity index (χ4v) is 2.06. The Labute approximate surface area is 127 Å². The van der Waals surface area contributed by atoms with Gasteiger partial charge in [0, 0.05) is 32.8 Å². The van der Waals surface area contributed by atoms with Gasteiger partial charge in [0.2, 0.25) is 0 Å². The molecule has 0 atom stereocenters. The summed E-state index contributed by atoms with van der Waals surface area (Å²) in [6, 6.07) is 7.35. The molecule has 0 amide bonds. The minimum absolute atomic E-state index is 0.516. The molecule has 0 unspecified atom stereocenters.